The zero-order valence-electron chi connectivity index (χ0n) is 17.8. The summed E-state index contributed by atoms with van der Waals surface area (Å²) in [7, 11) is 0. The average molecular weight is 514 g/mol. The van der Waals surface area contributed by atoms with Crippen molar-refractivity contribution in [1.82, 2.24) is 19.4 Å². The molecule has 3 heterocycles. The molecule has 0 spiro atoms. The maximum Gasteiger partial charge on any atom is 0.433 e. The molecule has 0 aliphatic heterocycles. The number of imidazole rings is 1. The van der Waals surface area contributed by atoms with Crippen molar-refractivity contribution in [3.63, 3.8) is 0 Å². The van der Waals surface area contributed by atoms with E-state index >= 15 is 4.39 Å². The molecule has 4 aromatic rings. The number of alkyl halides is 3. The van der Waals surface area contributed by atoms with Gasteiger partial charge in [-0.05, 0) is 19.1 Å². The van der Waals surface area contributed by atoms with Gasteiger partial charge in [0.1, 0.15) is 22.8 Å². The van der Waals surface area contributed by atoms with Crippen LogP contribution in [0, 0.1) is 5.82 Å². The molecular formula is C22H17Cl2F4N5O. The van der Waals surface area contributed by atoms with E-state index in [4.69, 9.17) is 33.7 Å². The van der Waals surface area contributed by atoms with Crippen LogP contribution in [-0.2, 0) is 6.18 Å². The third kappa shape index (κ3) is 4.12. The van der Waals surface area contributed by atoms with E-state index in [1.807, 2.05) is 0 Å². The Morgan fingerprint density at radius 3 is 2.56 bits per heavy atom. The molecule has 0 radical (unpaired) electrons. The lowest BCUT2D eigenvalue weighted by Gasteiger charge is -2.21. The molecule has 1 atom stereocenters. The summed E-state index contributed by atoms with van der Waals surface area (Å²) in [6, 6.07) is 3.29. The Bertz CT molecular complexity index is 1370. The smallest absolute Gasteiger partial charge is 0.433 e. The number of nitrogens with two attached hydrogens (primary N) is 1. The molecule has 12 heteroatoms. The fourth-order valence-electron chi connectivity index (χ4n) is 3.70. The highest BCUT2D eigenvalue weighted by atomic mass is 35.5. The van der Waals surface area contributed by atoms with Gasteiger partial charge in [0, 0.05) is 35.6 Å². The average Bonchev–Trinajstić information content (AvgIpc) is 3.13. The molecule has 6 nitrogen and oxygen atoms in total. The first kappa shape index (κ1) is 24.0. The van der Waals surface area contributed by atoms with Crippen LogP contribution in [-0.4, -0.2) is 26.0 Å². The lowest BCUT2D eigenvalue weighted by Crippen LogP contribution is -2.09. The maximum atomic E-state index is 15.2. The number of ether oxygens (including phenoxy) is 1. The van der Waals surface area contributed by atoms with Gasteiger partial charge in [0.05, 0.1) is 17.2 Å². The second kappa shape index (κ2) is 8.92. The number of halogens is 6. The van der Waals surface area contributed by atoms with E-state index < -0.39 is 23.6 Å². The third-order valence-electron chi connectivity index (χ3n) is 5.25. The normalized spacial score (nSPS) is 12.8. The molecule has 0 aliphatic rings. The predicted molar refractivity (Wildman–Crippen MR) is 121 cm³/mol. The largest absolute Gasteiger partial charge is 0.493 e. The van der Waals surface area contributed by atoms with Gasteiger partial charge in [-0.1, -0.05) is 36.2 Å². The molecule has 0 aliphatic carbocycles. The molecular weight excluding hydrogens is 497 g/mol. The Labute approximate surface area is 201 Å². The highest BCUT2D eigenvalue weighted by Crippen LogP contribution is 2.44. The van der Waals surface area contributed by atoms with E-state index in [-0.39, 0.29) is 39.5 Å². The van der Waals surface area contributed by atoms with E-state index in [0.29, 0.717) is 16.9 Å². The van der Waals surface area contributed by atoms with Crippen molar-refractivity contribution in [2.75, 3.05) is 12.3 Å². The predicted octanol–water partition coefficient (Wildman–Crippen LogP) is 6.39. The van der Waals surface area contributed by atoms with Crippen LogP contribution in [0.5, 0.6) is 5.75 Å². The van der Waals surface area contributed by atoms with E-state index in [1.54, 1.807) is 24.4 Å². The van der Waals surface area contributed by atoms with E-state index in [0.717, 1.165) is 18.3 Å². The van der Waals surface area contributed by atoms with Crippen LogP contribution in [0.4, 0.5) is 23.4 Å². The van der Waals surface area contributed by atoms with Gasteiger partial charge >= 0.3 is 6.18 Å². The van der Waals surface area contributed by atoms with Crippen LogP contribution in [0.3, 0.4) is 0 Å². The van der Waals surface area contributed by atoms with Gasteiger partial charge in [-0.15, -0.1) is 0 Å². The van der Waals surface area contributed by atoms with Gasteiger partial charge in [-0.3, -0.25) is 9.38 Å². The highest BCUT2D eigenvalue weighted by Gasteiger charge is 2.33. The van der Waals surface area contributed by atoms with Crippen molar-refractivity contribution in [2.45, 2.75) is 25.9 Å². The minimum Gasteiger partial charge on any atom is -0.493 e. The van der Waals surface area contributed by atoms with Gasteiger partial charge in [0.2, 0.25) is 0 Å². The first-order valence-electron chi connectivity index (χ1n) is 10.0. The number of nitrogens with zero attached hydrogens (tertiary/aromatic N) is 4. The van der Waals surface area contributed by atoms with E-state index in [2.05, 4.69) is 15.0 Å². The molecule has 0 bridgehead atoms. The second-order valence-electron chi connectivity index (χ2n) is 7.34. The minimum atomic E-state index is -4.63. The van der Waals surface area contributed by atoms with Crippen LogP contribution in [0.25, 0.3) is 16.6 Å². The number of aromatic nitrogens is 4. The number of hydrogen-bond donors (Lipinski definition) is 1. The molecule has 0 unspecified atom stereocenters. The summed E-state index contributed by atoms with van der Waals surface area (Å²) in [6.45, 7) is 3.63. The van der Waals surface area contributed by atoms with Gasteiger partial charge in [-0.25, -0.2) is 14.4 Å². The van der Waals surface area contributed by atoms with Crippen LogP contribution < -0.4 is 10.5 Å². The molecule has 3 aromatic heterocycles. The summed E-state index contributed by atoms with van der Waals surface area (Å²) in [6.07, 6.45) is -0.590. The SMILES string of the molecule is CCOc1c([C@@H](C)c2nc(Cl)c3c(N)nccn23)cc(Cl)c(F)c1-c1ccc(C(F)(F)F)nc1. The molecule has 0 saturated heterocycles. The van der Waals surface area contributed by atoms with E-state index in [1.165, 1.54) is 12.3 Å². The minimum absolute atomic E-state index is 0.0735. The third-order valence-corrected chi connectivity index (χ3v) is 5.79. The number of rotatable bonds is 5. The zero-order chi connectivity index (χ0) is 24.8. The van der Waals surface area contributed by atoms with Crippen LogP contribution in [0.1, 0.15) is 36.8 Å². The molecule has 34 heavy (non-hydrogen) atoms. The van der Waals surface area contributed by atoms with E-state index in [9.17, 15) is 13.2 Å². The van der Waals surface area contributed by atoms with Gasteiger partial charge in [0.15, 0.2) is 16.8 Å². The van der Waals surface area contributed by atoms with Crippen molar-refractivity contribution < 1.29 is 22.3 Å². The number of benzene rings is 1. The standard InChI is InChI=1S/C22H17Cl2F4N5O/c1-3-34-18-12(10(2)21-32-19(24)17-20(29)30-6-7-33(17)21)8-13(23)16(25)15(18)11-4-5-14(31-9-11)22(26,27)28/h4-10H,3H2,1-2H3,(H2,29,30)/t10-/m1/s1. The van der Waals surface area contributed by atoms with Crippen molar-refractivity contribution in [3.05, 3.63) is 69.9 Å². The second-order valence-corrected chi connectivity index (χ2v) is 8.11. The van der Waals surface area contributed by atoms with Crippen molar-refractivity contribution in [1.29, 1.82) is 0 Å². The molecule has 0 saturated carbocycles. The van der Waals surface area contributed by atoms with Crippen molar-refractivity contribution >= 4 is 34.5 Å². The first-order valence-corrected chi connectivity index (χ1v) is 10.8. The number of anilines is 1. The molecule has 1 aromatic carbocycles. The number of fused-ring (bicyclic) bond motifs is 1. The first-order chi connectivity index (χ1) is 16.0. The topological polar surface area (TPSA) is 78.3 Å². The Morgan fingerprint density at radius 1 is 1.21 bits per heavy atom. The highest BCUT2D eigenvalue weighted by molar-refractivity contribution is 6.33. The lowest BCUT2D eigenvalue weighted by atomic mass is 9.93. The van der Waals surface area contributed by atoms with Gasteiger partial charge in [-0.2, -0.15) is 13.2 Å². The van der Waals surface area contributed by atoms with Gasteiger partial charge in [0.25, 0.3) is 0 Å². The molecule has 4 rings (SSSR count). The summed E-state index contributed by atoms with van der Waals surface area (Å²) >= 11 is 12.5. The van der Waals surface area contributed by atoms with Crippen LogP contribution in [0.2, 0.25) is 10.2 Å². The summed E-state index contributed by atoms with van der Waals surface area (Å²) in [4.78, 5) is 11.9. The van der Waals surface area contributed by atoms with Crippen molar-refractivity contribution in [3.8, 4) is 16.9 Å². The zero-order valence-corrected chi connectivity index (χ0v) is 19.3. The van der Waals surface area contributed by atoms with Crippen molar-refractivity contribution in [2.24, 2.45) is 0 Å². The summed E-state index contributed by atoms with van der Waals surface area (Å²) in [5.74, 6) is -0.649. The summed E-state index contributed by atoms with van der Waals surface area (Å²) in [5, 5.41) is -0.112. The quantitative estimate of drug-likeness (QED) is 0.313. The lowest BCUT2D eigenvalue weighted by molar-refractivity contribution is -0.141. The molecule has 178 valence electrons. The number of hydrogen-bond acceptors (Lipinski definition) is 5. The Balaban J connectivity index is 1.93. The van der Waals surface area contributed by atoms with Gasteiger partial charge < -0.3 is 10.5 Å². The fraction of sp³-hybridized carbons (Fsp3) is 0.227. The summed E-state index contributed by atoms with van der Waals surface area (Å²) < 4.78 is 61.6. The molecule has 2 N–H and O–H groups in total. The van der Waals surface area contributed by atoms with Crippen LogP contribution >= 0.6 is 23.2 Å². The Morgan fingerprint density at radius 2 is 1.94 bits per heavy atom. The molecule has 0 fully saturated rings. The number of pyridine rings is 1. The Hall–Kier alpha value is -3.11. The maximum absolute atomic E-state index is 15.2. The Kier molecular flexibility index (Phi) is 6.30. The molecule has 0 amide bonds. The monoisotopic (exact) mass is 513 g/mol. The van der Waals surface area contributed by atoms with Crippen LogP contribution in [0.15, 0.2) is 36.8 Å². The fourth-order valence-corrected chi connectivity index (χ4v) is 4.19. The number of nitrogen functional groups attached to an aromatic ring is 1. The summed E-state index contributed by atoms with van der Waals surface area (Å²) in [5.41, 5.74) is 5.65.